The van der Waals surface area contributed by atoms with E-state index in [9.17, 15) is 0 Å². The van der Waals surface area contributed by atoms with Gasteiger partial charge in [-0.15, -0.1) is 0 Å². The van der Waals surface area contributed by atoms with Gasteiger partial charge in [0.15, 0.2) is 0 Å². The number of hydrogen-bond donors (Lipinski definition) is 0. The highest BCUT2D eigenvalue weighted by molar-refractivity contribution is 6.95. The van der Waals surface area contributed by atoms with Crippen LogP contribution in [0.25, 0.3) is 21.5 Å². The minimum atomic E-state index is -2.85. The Morgan fingerprint density at radius 2 is 1.12 bits per heavy atom. The summed E-state index contributed by atoms with van der Waals surface area (Å²) >= 11 is 0. The molecule has 0 aliphatic rings. The smallest absolute Gasteiger partial charge is 0.391 e. The quantitative estimate of drug-likeness (QED) is 0.497. The maximum Gasteiger partial charge on any atom is 0.408 e. The monoisotopic (exact) mass is 358 g/mol. The van der Waals surface area contributed by atoms with Gasteiger partial charge in [0, 0.05) is 24.1 Å². The predicted octanol–water partition coefficient (Wildman–Crippen LogP) is 4.23. The van der Waals surface area contributed by atoms with Crippen molar-refractivity contribution in [2.45, 2.75) is 6.92 Å². The van der Waals surface area contributed by atoms with Gasteiger partial charge in [0.1, 0.15) is 0 Å². The summed E-state index contributed by atoms with van der Waals surface area (Å²) in [5.74, 6) is 0. The molecule has 26 heavy (non-hydrogen) atoms. The molecule has 0 saturated carbocycles. The molecule has 0 heterocycles. The summed E-state index contributed by atoms with van der Waals surface area (Å²) in [5.41, 5.74) is 0. The van der Waals surface area contributed by atoms with Crippen LogP contribution in [0, 0.1) is 0 Å². The molecule has 0 atom stereocenters. The number of fused-ring (bicyclic) bond motifs is 2. The molecule has 0 unspecified atom stereocenters. The number of rotatable bonds is 5. The average Bonchev–Trinajstić information content (AvgIpc) is 2.71. The molecule has 0 saturated heterocycles. The van der Waals surface area contributed by atoms with Crippen molar-refractivity contribution in [3.63, 3.8) is 0 Å². The Balaban J connectivity index is 2.08. The Hall–Kier alpha value is -2.46. The summed E-state index contributed by atoms with van der Waals surface area (Å²) < 4.78 is 12.8. The van der Waals surface area contributed by atoms with E-state index in [0.717, 1.165) is 10.4 Å². The van der Waals surface area contributed by atoms with E-state index in [1.807, 2.05) is 6.92 Å². The molecule has 3 heteroatoms. The zero-order valence-electron chi connectivity index (χ0n) is 15.1. The van der Waals surface area contributed by atoms with Crippen LogP contribution in [0.5, 0.6) is 0 Å². The third kappa shape index (κ3) is 2.65. The molecule has 0 aromatic heterocycles. The van der Waals surface area contributed by atoms with E-state index in [1.54, 1.807) is 7.11 Å². The molecule has 2 nitrogen and oxygen atoms in total. The van der Waals surface area contributed by atoms with Crippen molar-refractivity contribution < 1.29 is 8.85 Å². The lowest BCUT2D eigenvalue weighted by molar-refractivity contribution is 0.236. The third-order valence-corrected chi connectivity index (χ3v) is 8.48. The van der Waals surface area contributed by atoms with E-state index in [-0.39, 0.29) is 0 Å². The zero-order valence-corrected chi connectivity index (χ0v) is 16.1. The summed E-state index contributed by atoms with van der Waals surface area (Å²) in [7, 11) is -1.07. The largest absolute Gasteiger partial charge is 0.408 e. The van der Waals surface area contributed by atoms with Crippen LogP contribution in [0.3, 0.4) is 0 Å². The van der Waals surface area contributed by atoms with Crippen molar-refractivity contribution >= 4 is 40.5 Å². The molecule has 0 bridgehead atoms. The van der Waals surface area contributed by atoms with Gasteiger partial charge in [0.05, 0.1) is 0 Å². The van der Waals surface area contributed by atoms with Crippen LogP contribution in [0.2, 0.25) is 0 Å². The lowest BCUT2D eigenvalue weighted by Gasteiger charge is -2.31. The highest BCUT2D eigenvalue weighted by Gasteiger charge is 2.43. The van der Waals surface area contributed by atoms with Crippen LogP contribution in [0.4, 0.5) is 0 Å². The third-order valence-electron chi connectivity index (χ3n) is 4.92. The molecule has 130 valence electrons. The average molecular weight is 359 g/mol. The van der Waals surface area contributed by atoms with Gasteiger partial charge >= 0.3 is 8.56 Å². The Bertz CT molecular complexity index is 968. The fourth-order valence-corrected chi connectivity index (χ4v) is 7.17. The van der Waals surface area contributed by atoms with Gasteiger partial charge in [-0.2, -0.15) is 0 Å². The van der Waals surface area contributed by atoms with Crippen molar-refractivity contribution in [1.82, 2.24) is 0 Å². The molecular weight excluding hydrogens is 336 g/mol. The Labute approximate surface area is 155 Å². The highest BCUT2D eigenvalue weighted by Crippen LogP contribution is 2.21. The van der Waals surface area contributed by atoms with E-state index in [2.05, 4.69) is 84.9 Å². The van der Waals surface area contributed by atoms with E-state index >= 15 is 0 Å². The standard InChI is InChI=1S/C23H22O2Si/c1-3-25-26(24-2,22-16-8-12-18-10-4-6-14-20(18)22)23-17-9-13-19-11-5-7-15-21(19)23/h4-17H,3H2,1-2H3. The van der Waals surface area contributed by atoms with Crippen molar-refractivity contribution in [2.24, 2.45) is 0 Å². The van der Waals surface area contributed by atoms with Crippen LogP contribution < -0.4 is 10.4 Å². The fourth-order valence-electron chi connectivity index (χ4n) is 3.81. The van der Waals surface area contributed by atoms with Crippen LogP contribution in [0.15, 0.2) is 84.9 Å². The lowest BCUT2D eigenvalue weighted by atomic mass is 10.1. The second-order valence-electron chi connectivity index (χ2n) is 6.31. The van der Waals surface area contributed by atoms with Gasteiger partial charge in [-0.25, -0.2) is 0 Å². The van der Waals surface area contributed by atoms with Crippen molar-refractivity contribution in [1.29, 1.82) is 0 Å². The molecule has 0 fully saturated rings. The van der Waals surface area contributed by atoms with Gasteiger partial charge in [0.25, 0.3) is 0 Å². The van der Waals surface area contributed by atoms with Crippen molar-refractivity contribution in [3.8, 4) is 0 Å². The summed E-state index contributed by atoms with van der Waals surface area (Å²) in [5, 5.41) is 7.14. The van der Waals surface area contributed by atoms with Crippen LogP contribution in [-0.4, -0.2) is 22.3 Å². The van der Waals surface area contributed by atoms with Gasteiger partial charge in [-0.1, -0.05) is 84.9 Å². The topological polar surface area (TPSA) is 18.5 Å². The summed E-state index contributed by atoms with van der Waals surface area (Å²) in [4.78, 5) is 0. The lowest BCUT2D eigenvalue weighted by Crippen LogP contribution is -2.63. The summed E-state index contributed by atoms with van der Waals surface area (Å²) in [6.07, 6.45) is 0. The predicted molar refractivity (Wildman–Crippen MR) is 112 cm³/mol. The van der Waals surface area contributed by atoms with Gasteiger partial charge < -0.3 is 8.85 Å². The second kappa shape index (κ2) is 7.04. The Morgan fingerprint density at radius 1 is 0.654 bits per heavy atom. The first-order chi connectivity index (χ1) is 12.8. The molecule has 0 N–H and O–H groups in total. The zero-order chi connectivity index (χ0) is 18.0. The SMILES string of the molecule is CCO[Si](OC)(c1cccc2ccccc12)c1cccc2ccccc12. The van der Waals surface area contributed by atoms with Gasteiger partial charge in [-0.3, -0.25) is 0 Å². The van der Waals surface area contributed by atoms with E-state index in [0.29, 0.717) is 6.61 Å². The molecule has 0 spiro atoms. The minimum Gasteiger partial charge on any atom is -0.391 e. The van der Waals surface area contributed by atoms with E-state index in [1.165, 1.54) is 21.5 Å². The van der Waals surface area contributed by atoms with Gasteiger partial charge in [-0.05, 0) is 28.5 Å². The molecule has 4 rings (SSSR count). The van der Waals surface area contributed by atoms with Gasteiger partial charge in [0.2, 0.25) is 0 Å². The van der Waals surface area contributed by atoms with Crippen LogP contribution in [-0.2, 0) is 8.85 Å². The first-order valence-electron chi connectivity index (χ1n) is 8.96. The first-order valence-corrected chi connectivity index (χ1v) is 10.8. The summed E-state index contributed by atoms with van der Waals surface area (Å²) in [6.45, 7) is 2.64. The minimum absolute atomic E-state index is 0.604. The molecule has 0 aliphatic carbocycles. The van der Waals surface area contributed by atoms with E-state index in [4.69, 9.17) is 8.85 Å². The molecule has 0 amide bonds. The van der Waals surface area contributed by atoms with Crippen LogP contribution in [0.1, 0.15) is 6.92 Å². The molecular formula is C23H22O2Si. The van der Waals surface area contributed by atoms with E-state index < -0.39 is 8.56 Å². The molecule has 0 radical (unpaired) electrons. The molecule has 4 aromatic rings. The molecule has 4 aromatic carbocycles. The number of benzene rings is 4. The Morgan fingerprint density at radius 3 is 1.58 bits per heavy atom. The first kappa shape index (κ1) is 17.0. The van der Waals surface area contributed by atoms with Crippen LogP contribution >= 0.6 is 0 Å². The normalized spacial score (nSPS) is 11.9. The summed E-state index contributed by atoms with van der Waals surface area (Å²) in [6, 6.07) is 29.7. The molecule has 0 aliphatic heterocycles. The Kier molecular flexibility index (Phi) is 4.60. The maximum atomic E-state index is 6.48. The fraction of sp³-hybridized carbons (Fsp3) is 0.130. The second-order valence-corrected chi connectivity index (χ2v) is 9.31. The highest BCUT2D eigenvalue weighted by atomic mass is 28.4. The van der Waals surface area contributed by atoms with Crippen molar-refractivity contribution in [2.75, 3.05) is 13.7 Å². The van der Waals surface area contributed by atoms with Crippen molar-refractivity contribution in [3.05, 3.63) is 84.9 Å². The maximum absolute atomic E-state index is 6.48. The number of hydrogen-bond acceptors (Lipinski definition) is 2.